The Balaban J connectivity index is 1.69. The van der Waals surface area contributed by atoms with E-state index in [1.807, 2.05) is 6.07 Å². The van der Waals surface area contributed by atoms with Crippen LogP contribution < -0.4 is 4.74 Å². The minimum Gasteiger partial charge on any atom is -0.503 e. The monoisotopic (exact) mass is 422 g/mol. The van der Waals surface area contributed by atoms with Gasteiger partial charge in [0.15, 0.2) is 11.5 Å². The minimum absolute atomic E-state index is 0.0299. The third kappa shape index (κ3) is 4.27. The third-order valence-electron chi connectivity index (χ3n) is 5.69. The SMILES string of the molecule is C=CCOc1cccc(C2C(C(=O)c3ccco3)=C(O)C(=O)N2CCN2CCCC2)c1. The molecule has 2 aromatic rings. The first-order chi connectivity index (χ1) is 15.1. The number of likely N-dealkylation sites (tertiary alicyclic amines) is 1. The molecule has 0 radical (unpaired) electrons. The number of ether oxygens (including phenoxy) is 1. The van der Waals surface area contributed by atoms with Crippen LogP contribution in [0.2, 0.25) is 0 Å². The molecule has 0 bridgehead atoms. The van der Waals surface area contributed by atoms with Crippen molar-refractivity contribution in [3.63, 3.8) is 0 Å². The maximum absolute atomic E-state index is 13.2. The molecule has 3 heterocycles. The fourth-order valence-corrected chi connectivity index (χ4v) is 4.19. The number of ketones is 1. The van der Waals surface area contributed by atoms with E-state index in [9.17, 15) is 14.7 Å². The quantitative estimate of drug-likeness (QED) is 0.492. The van der Waals surface area contributed by atoms with Gasteiger partial charge in [0, 0.05) is 13.1 Å². The van der Waals surface area contributed by atoms with Crippen LogP contribution in [0.5, 0.6) is 5.75 Å². The molecule has 1 fully saturated rings. The standard InChI is InChI=1S/C24H26N2O5/c1-2-14-30-18-8-5-7-17(16-18)21-20(22(27)19-9-6-15-31-19)23(28)24(29)26(21)13-12-25-10-3-4-11-25/h2,5-9,15-16,21,28H,1,3-4,10-14H2. The number of hydrogen-bond donors (Lipinski definition) is 1. The zero-order chi connectivity index (χ0) is 21.8. The Bertz CT molecular complexity index is 989. The normalized spacial score (nSPS) is 19.3. The molecule has 1 N–H and O–H groups in total. The lowest BCUT2D eigenvalue weighted by atomic mass is 9.95. The third-order valence-corrected chi connectivity index (χ3v) is 5.69. The maximum Gasteiger partial charge on any atom is 0.290 e. The molecule has 7 nitrogen and oxygen atoms in total. The number of furan rings is 1. The molecule has 1 aromatic heterocycles. The van der Waals surface area contributed by atoms with E-state index in [1.54, 1.807) is 35.2 Å². The van der Waals surface area contributed by atoms with Gasteiger partial charge in [0.1, 0.15) is 12.4 Å². The summed E-state index contributed by atoms with van der Waals surface area (Å²) in [5.41, 5.74) is 0.720. The molecule has 162 valence electrons. The molecule has 4 rings (SSSR count). The highest BCUT2D eigenvalue weighted by atomic mass is 16.5. The number of aliphatic hydroxyl groups is 1. The van der Waals surface area contributed by atoms with Gasteiger partial charge in [-0.1, -0.05) is 24.8 Å². The van der Waals surface area contributed by atoms with Crippen LogP contribution in [0, 0.1) is 0 Å². The highest BCUT2D eigenvalue weighted by Crippen LogP contribution is 2.39. The summed E-state index contributed by atoms with van der Waals surface area (Å²) in [6.45, 7) is 7.07. The summed E-state index contributed by atoms with van der Waals surface area (Å²) in [5.74, 6) is -0.885. The van der Waals surface area contributed by atoms with Crippen molar-refractivity contribution in [3.8, 4) is 5.75 Å². The van der Waals surface area contributed by atoms with Crippen molar-refractivity contribution >= 4 is 11.7 Å². The van der Waals surface area contributed by atoms with E-state index >= 15 is 0 Å². The first kappa shape index (κ1) is 20.9. The molecule has 1 amide bonds. The molecular formula is C24H26N2O5. The van der Waals surface area contributed by atoms with Crippen LogP contribution in [-0.4, -0.2) is 59.4 Å². The summed E-state index contributed by atoms with van der Waals surface area (Å²) in [6, 6.07) is 9.64. The van der Waals surface area contributed by atoms with Crippen molar-refractivity contribution in [1.82, 2.24) is 9.80 Å². The molecule has 7 heteroatoms. The lowest BCUT2D eigenvalue weighted by Gasteiger charge is -2.28. The van der Waals surface area contributed by atoms with E-state index in [-0.39, 0.29) is 11.3 Å². The van der Waals surface area contributed by atoms with Crippen LogP contribution in [0.4, 0.5) is 0 Å². The number of carbonyl (C=O) groups excluding carboxylic acids is 2. The van der Waals surface area contributed by atoms with Gasteiger partial charge in [-0.15, -0.1) is 0 Å². The van der Waals surface area contributed by atoms with E-state index in [0.717, 1.165) is 25.9 Å². The van der Waals surface area contributed by atoms with Gasteiger partial charge in [0.2, 0.25) is 5.78 Å². The van der Waals surface area contributed by atoms with Crippen molar-refractivity contribution < 1.29 is 23.8 Å². The van der Waals surface area contributed by atoms with E-state index in [2.05, 4.69) is 11.5 Å². The second-order valence-electron chi connectivity index (χ2n) is 7.69. The molecule has 1 unspecified atom stereocenters. The zero-order valence-electron chi connectivity index (χ0n) is 17.3. The van der Waals surface area contributed by atoms with Crippen molar-refractivity contribution in [1.29, 1.82) is 0 Å². The minimum atomic E-state index is -0.722. The number of aliphatic hydroxyl groups excluding tert-OH is 1. The number of benzene rings is 1. The molecular weight excluding hydrogens is 396 g/mol. The summed E-state index contributed by atoms with van der Waals surface area (Å²) in [5, 5.41) is 10.7. The van der Waals surface area contributed by atoms with Gasteiger partial charge in [-0.05, 0) is 55.8 Å². The molecule has 2 aliphatic rings. The average molecular weight is 422 g/mol. The van der Waals surface area contributed by atoms with Crippen LogP contribution in [0.3, 0.4) is 0 Å². The first-order valence-electron chi connectivity index (χ1n) is 10.5. The van der Waals surface area contributed by atoms with E-state index < -0.39 is 23.5 Å². The summed E-state index contributed by atoms with van der Waals surface area (Å²) in [6.07, 6.45) is 5.33. The molecule has 31 heavy (non-hydrogen) atoms. The summed E-state index contributed by atoms with van der Waals surface area (Å²) in [4.78, 5) is 30.0. The second kappa shape index (κ2) is 9.22. The van der Waals surface area contributed by atoms with Crippen LogP contribution in [-0.2, 0) is 4.79 Å². The van der Waals surface area contributed by atoms with Gasteiger partial charge < -0.3 is 24.1 Å². The van der Waals surface area contributed by atoms with Crippen LogP contribution >= 0.6 is 0 Å². The average Bonchev–Trinajstić information content (AvgIpc) is 3.54. The van der Waals surface area contributed by atoms with Gasteiger partial charge in [-0.2, -0.15) is 0 Å². The Hall–Kier alpha value is -3.32. The predicted octanol–water partition coefficient (Wildman–Crippen LogP) is 3.52. The largest absolute Gasteiger partial charge is 0.503 e. The number of nitrogens with zero attached hydrogens (tertiary/aromatic N) is 2. The van der Waals surface area contributed by atoms with E-state index in [0.29, 0.717) is 31.0 Å². The number of rotatable bonds is 9. The number of amides is 1. The van der Waals surface area contributed by atoms with Crippen molar-refractivity contribution in [2.45, 2.75) is 18.9 Å². The van der Waals surface area contributed by atoms with Gasteiger partial charge in [0.05, 0.1) is 17.9 Å². The van der Waals surface area contributed by atoms with Crippen molar-refractivity contribution in [3.05, 3.63) is 78.0 Å². The molecule has 1 aromatic carbocycles. The summed E-state index contributed by atoms with van der Waals surface area (Å²) < 4.78 is 10.9. The van der Waals surface area contributed by atoms with Crippen LogP contribution in [0.25, 0.3) is 0 Å². The van der Waals surface area contributed by atoms with Crippen LogP contribution in [0.1, 0.15) is 35.0 Å². The molecule has 0 spiro atoms. The Morgan fingerprint density at radius 1 is 1.23 bits per heavy atom. The Kier molecular flexibility index (Phi) is 6.23. The molecule has 1 atom stereocenters. The van der Waals surface area contributed by atoms with Crippen molar-refractivity contribution in [2.24, 2.45) is 0 Å². The highest BCUT2D eigenvalue weighted by Gasteiger charge is 2.44. The fourth-order valence-electron chi connectivity index (χ4n) is 4.19. The highest BCUT2D eigenvalue weighted by molar-refractivity contribution is 6.15. The molecule has 0 aliphatic carbocycles. The van der Waals surface area contributed by atoms with Gasteiger partial charge in [-0.25, -0.2) is 0 Å². The number of hydrogen-bond acceptors (Lipinski definition) is 6. The Morgan fingerprint density at radius 3 is 2.74 bits per heavy atom. The summed E-state index contributed by atoms with van der Waals surface area (Å²) >= 11 is 0. The van der Waals surface area contributed by atoms with Gasteiger partial charge in [0.25, 0.3) is 5.91 Å². The molecule has 1 saturated heterocycles. The second-order valence-corrected chi connectivity index (χ2v) is 7.69. The fraction of sp³-hybridized carbons (Fsp3) is 0.333. The Morgan fingerprint density at radius 2 is 2.03 bits per heavy atom. The van der Waals surface area contributed by atoms with Crippen LogP contribution in [0.15, 0.2) is 71.1 Å². The molecule has 0 saturated carbocycles. The lowest BCUT2D eigenvalue weighted by molar-refractivity contribution is -0.129. The summed E-state index contributed by atoms with van der Waals surface area (Å²) in [7, 11) is 0. The predicted molar refractivity (Wildman–Crippen MR) is 115 cm³/mol. The maximum atomic E-state index is 13.2. The van der Waals surface area contributed by atoms with Gasteiger partial charge in [-0.3, -0.25) is 9.59 Å². The lowest BCUT2D eigenvalue weighted by Crippen LogP contribution is -2.37. The van der Waals surface area contributed by atoms with Crippen molar-refractivity contribution in [2.75, 3.05) is 32.8 Å². The smallest absolute Gasteiger partial charge is 0.290 e. The number of Topliss-reactive ketones (excluding diaryl/α,β-unsaturated/α-hetero) is 1. The number of carbonyl (C=O) groups is 2. The first-order valence-corrected chi connectivity index (χ1v) is 10.5. The Labute approximate surface area is 181 Å². The van der Waals surface area contributed by atoms with E-state index in [4.69, 9.17) is 9.15 Å². The molecule has 2 aliphatic heterocycles. The van der Waals surface area contributed by atoms with E-state index in [1.165, 1.54) is 12.3 Å². The zero-order valence-corrected chi connectivity index (χ0v) is 17.3. The topological polar surface area (TPSA) is 83.2 Å². The van der Waals surface area contributed by atoms with Gasteiger partial charge >= 0.3 is 0 Å².